The SMILES string of the molecule is Cc1cc(O)ccc1OCc1ccc(F)cc1. The Kier molecular flexibility index (Phi) is 3.28. The van der Waals surface area contributed by atoms with E-state index >= 15 is 0 Å². The fraction of sp³-hybridized carbons (Fsp3) is 0.143. The van der Waals surface area contributed by atoms with Crippen LogP contribution in [0.3, 0.4) is 0 Å². The van der Waals surface area contributed by atoms with Crippen LogP contribution < -0.4 is 4.74 Å². The van der Waals surface area contributed by atoms with Gasteiger partial charge >= 0.3 is 0 Å². The van der Waals surface area contributed by atoms with E-state index in [4.69, 9.17) is 4.74 Å². The number of phenols is 1. The first-order valence-electron chi connectivity index (χ1n) is 5.32. The maximum Gasteiger partial charge on any atom is 0.123 e. The van der Waals surface area contributed by atoms with E-state index in [-0.39, 0.29) is 11.6 Å². The number of phenolic OH excluding ortho intramolecular Hbond substituents is 1. The van der Waals surface area contributed by atoms with Crippen molar-refractivity contribution in [3.8, 4) is 11.5 Å². The summed E-state index contributed by atoms with van der Waals surface area (Å²) in [5.41, 5.74) is 1.77. The predicted octanol–water partition coefficient (Wildman–Crippen LogP) is 3.42. The van der Waals surface area contributed by atoms with Gasteiger partial charge in [0.05, 0.1) is 0 Å². The van der Waals surface area contributed by atoms with E-state index in [9.17, 15) is 9.50 Å². The lowest BCUT2D eigenvalue weighted by Gasteiger charge is -2.09. The molecule has 0 unspecified atom stereocenters. The quantitative estimate of drug-likeness (QED) is 0.878. The Labute approximate surface area is 99.3 Å². The van der Waals surface area contributed by atoms with Gasteiger partial charge in [0, 0.05) is 0 Å². The highest BCUT2D eigenvalue weighted by molar-refractivity contribution is 5.38. The summed E-state index contributed by atoms with van der Waals surface area (Å²) in [4.78, 5) is 0. The lowest BCUT2D eigenvalue weighted by molar-refractivity contribution is 0.303. The van der Waals surface area contributed by atoms with E-state index in [0.29, 0.717) is 12.4 Å². The van der Waals surface area contributed by atoms with Gasteiger partial charge in [0.1, 0.15) is 23.9 Å². The predicted molar refractivity (Wildman–Crippen MR) is 63.6 cm³/mol. The number of rotatable bonds is 3. The molecule has 0 fully saturated rings. The molecule has 17 heavy (non-hydrogen) atoms. The topological polar surface area (TPSA) is 29.5 Å². The molecule has 0 radical (unpaired) electrons. The molecule has 0 heterocycles. The zero-order chi connectivity index (χ0) is 12.3. The Hall–Kier alpha value is -2.03. The summed E-state index contributed by atoms with van der Waals surface area (Å²) in [6.07, 6.45) is 0. The average molecular weight is 232 g/mol. The molecule has 2 aromatic rings. The van der Waals surface area contributed by atoms with Crippen LogP contribution in [-0.2, 0) is 6.61 Å². The minimum absolute atomic E-state index is 0.219. The molecule has 2 nitrogen and oxygen atoms in total. The maximum absolute atomic E-state index is 12.7. The molecule has 2 rings (SSSR count). The number of halogens is 1. The van der Waals surface area contributed by atoms with E-state index in [0.717, 1.165) is 11.1 Å². The van der Waals surface area contributed by atoms with Gasteiger partial charge in [-0.15, -0.1) is 0 Å². The summed E-state index contributed by atoms with van der Waals surface area (Å²) in [6.45, 7) is 2.24. The van der Waals surface area contributed by atoms with E-state index in [2.05, 4.69) is 0 Å². The summed E-state index contributed by atoms with van der Waals surface area (Å²) in [6, 6.07) is 11.1. The lowest BCUT2D eigenvalue weighted by Crippen LogP contribution is -1.96. The van der Waals surface area contributed by atoms with Gasteiger partial charge in [0.15, 0.2) is 0 Å². The first-order valence-corrected chi connectivity index (χ1v) is 5.32. The van der Waals surface area contributed by atoms with Gasteiger partial charge in [-0.05, 0) is 48.4 Å². The third-order valence-electron chi connectivity index (χ3n) is 2.47. The molecule has 0 aliphatic rings. The van der Waals surface area contributed by atoms with Crippen LogP contribution in [-0.4, -0.2) is 5.11 Å². The first kappa shape index (κ1) is 11.5. The highest BCUT2D eigenvalue weighted by Crippen LogP contribution is 2.23. The summed E-state index contributed by atoms with van der Waals surface area (Å²) in [5, 5.41) is 9.26. The molecule has 0 saturated carbocycles. The van der Waals surface area contributed by atoms with Crippen molar-refractivity contribution in [3.63, 3.8) is 0 Å². The van der Waals surface area contributed by atoms with Crippen LogP contribution in [0.5, 0.6) is 11.5 Å². The second-order valence-corrected chi connectivity index (χ2v) is 3.86. The minimum atomic E-state index is -0.255. The third kappa shape index (κ3) is 2.97. The molecule has 0 atom stereocenters. The smallest absolute Gasteiger partial charge is 0.123 e. The third-order valence-corrected chi connectivity index (χ3v) is 2.47. The van der Waals surface area contributed by atoms with Crippen molar-refractivity contribution in [2.75, 3.05) is 0 Å². The number of aromatic hydroxyl groups is 1. The van der Waals surface area contributed by atoms with Crippen LogP contribution >= 0.6 is 0 Å². The molecule has 0 amide bonds. The molecule has 88 valence electrons. The van der Waals surface area contributed by atoms with Crippen molar-refractivity contribution in [3.05, 3.63) is 59.4 Å². The Morgan fingerprint density at radius 3 is 2.47 bits per heavy atom. The number of benzene rings is 2. The Morgan fingerprint density at radius 2 is 1.82 bits per heavy atom. The molecule has 0 aromatic heterocycles. The highest BCUT2D eigenvalue weighted by Gasteiger charge is 2.01. The molecule has 0 aliphatic carbocycles. The van der Waals surface area contributed by atoms with Crippen LogP contribution in [0, 0.1) is 12.7 Å². The van der Waals surface area contributed by atoms with Crippen LogP contribution in [0.15, 0.2) is 42.5 Å². The normalized spacial score (nSPS) is 10.2. The van der Waals surface area contributed by atoms with Crippen LogP contribution in [0.25, 0.3) is 0 Å². The zero-order valence-electron chi connectivity index (χ0n) is 9.48. The Balaban J connectivity index is 2.04. The monoisotopic (exact) mass is 232 g/mol. The molecule has 2 aromatic carbocycles. The number of hydrogen-bond donors (Lipinski definition) is 1. The van der Waals surface area contributed by atoms with Crippen molar-refractivity contribution < 1.29 is 14.2 Å². The van der Waals surface area contributed by atoms with Gasteiger partial charge in [-0.25, -0.2) is 4.39 Å². The molecular weight excluding hydrogens is 219 g/mol. The van der Waals surface area contributed by atoms with Crippen LogP contribution in [0.1, 0.15) is 11.1 Å². The summed E-state index contributed by atoms with van der Waals surface area (Å²) >= 11 is 0. The van der Waals surface area contributed by atoms with Gasteiger partial charge in [0.2, 0.25) is 0 Å². The lowest BCUT2D eigenvalue weighted by atomic mass is 10.2. The fourth-order valence-corrected chi connectivity index (χ4v) is 1.54. The summed E-state index contributed by atoms with van der Waals surface area (Å²) < 4.78 is 18.3. The molecule has 3 heteroatoms. The van der Waals surface area contributed by atoms with Crippen molar-refractivity contribution in [2.24, 2.45) is 0 Å². The maximum atomic E-state index is 12.7. The van der Waals surface area contributed by atoms with Gasteiger partial charge in [-0.2, -0.15) is 0 Å². The molecule has 0 aliphatic heterocycles. The van der Waals surface area contributed by atoms with Gasteiger partial charge < -0.3 is 9.84 Å². The van der Waals surface area contributed by atoms with E-state index in [1.807, 2.05) is 6.92 Å². The van der Waals surface area contributed by atoms with E-state index in [1.165, 1.54) is 12.1 Å². The van der Waals surface area contributed by atoms with Gasteiger partial charge in [-0.3, -0.25) is 0 Å². The second kappa shape index (κ2) is 4.87. The molecule has 0 saturated heterocycles. The van der Waals surface area contributed by atoms with Crippen molar-refractivity contribution in [2.45, 2.75) is 13.5 Å². The first-order chi connectivity index (χ1) is 8.15. The highest BCUT2D eigenvalue weighted by atomic mass is 19.1. The Morgan fingerprint density at radius 1 is 1.12 bits per heavy atom. The Bertz CT molecular complexity index is 506. The van der Waals surface area contributed by atoms with Crippen molar-refractivity contribution in [1.82, 2.24) is 0 Å². The molecule has 1 N–H and O–H groups in total. The van der Waals surface area contributed by atoms with Gasteiger partial charge in [0.25, 0.3) is 0 Å². The largest absolute Gasteiger partial charge is 0.508 e. The summed E-state index contributed by atoms with van der Waals surface area (Å²) in [7, 11) is 0. The number of ether oxygens (including phenoxy) is 1. The zero-order valence-corrected chi connectivity index (χ0v) is 9.48. The average Bonchev–Trinajstić information content (AvgIpc) is 2.30. The van der Waals surface area contributed by atoms with Crippen LogP contribution in [0.4, 0.5) is 4.39 Å². The van der Waals surface area contributed by atoms with Crippen LogP contribution in [0.2, 0.25) is 0 Å². The minimum Gasteiger partial charge on any atom is -0.508 e. The number of aryl methyl sites for hydroxylation is 1. The molecule has 0 spiro atoms. The van der Waals surface area contributed by atoms with Gasteiger partial charge in [-0.1, -0.05) is 12.1 Å². The summed E-state index contributed by atoms with van der Waals surface area (Å²) in [5.74, 6) is 0.679. The molecule has 0 bridgehead atoms. The van der Waals surface area contributed by atoms with Crippen molar-refractivity contribution in [1.29, 1.82) is 0 Å². The van der Waals surface area contributed by atoms with E-state index < -0.39 is 0 Å². The van der Waals surface area contributed by atoms with Crippen molar-refractivity contribution >= 4 is 0 Å². The fourth-order valence-electron chi connectivity index (χ4n) is 1.54. The number of hydrogen-bond acceptors (Lipinski definition) is 2. The van der Waals surface area contributed by atoms with E-state index in [1.54, 1.807) is 30.3 Å². The second-order valence-electron chi connectivity index (χ2n) is 3.86. The standard InChI is InChI=1S/C14H13FO2/c1-10-8-13(16)6-7-14(10)17-9-11-2-4-12(15)5-3-11/h2-8,16H,9H2,1H3. The molecular formula is C14H13FO2.